The zero-order chi connectivity index (χ0) is 15.7. The number of ether oxygens (including phenoxy) is 2. The Kier molecular flexibility index (Phi) is 6.94. The van der Waals surface area contributed by atoms with E-state index in [4.69, 9.17) is 9.47 Å². The summed E-state index contributed by atoms with van der Waals surface area (Å²) in [5.41, 5.74) is 0.746. The molecule has 1 aromatic heterocycles. The highest BCUT2D eigenvalue weighted by Crippen LogP contribution is 2.13. The highest BCUT2D eigenvalue weighted by atomic mass is 16.5. The van der Waals surface area contributed by atoms with Crippen LogP contribution in [0, 0.1) is 0 Å². The van der Waals surface area contributed by atoms with Gasteiger partial charge in [0.05, 0.1) is 12.2 Å². The normalized spacial score (nSPS) is 12.1. The minimum absolute atomic E-state index is 0.248. The topological polar surface area (TPSA) is 67.8 Å². The van der Waals surface area contributed by atoms with Crippen LogP contribution >= 0.6 is 0 Å². The zero-order valence-corrected chi connectivity index (χ0v) is 13.6. The van der Waals surface area contributed by atoms with E-state index in [-0.39, 0.29) is 5.60 Å². The fourth-order valence-electron chi connectivity index (χ4n) is 1.59. The van der Waals surface area contributed by atoms with Crippen molar-refractivity contribution < 1.29 is 9.47 Å². The van der Waals surface area contributed by atoms with E-state index in [9.17, 15) is 0 Å². The van der Waals surface area contributed by atoms with Crippen LogP contribution in [0.25, 0.3) is 0 Å². The number of rotatable bonds is 7. The van der Waals surface area contributed by atoms with Crippen molar-refractivity contribution >= 4 is 5.96 Å². The fraction of sp³-hybridized carbons (Fsp3) is 0.600. The molecule has 0 bridgehead atoms. The third kappa shape index (κ3) is 5.99. The molecule has 6 nitrogen and oxygen atoms in total. The first kappa shape index (κ1) is 17.2. The van der Waals surface area contributed by atoms with Gasteiger partial charge in [-0.25, -0.2) is 4.98 Å². The first-order chi connectivity index (χ1) is 10.0. The second-order valence-electron chi connectivity index (χ2n) is 5.14. The Morgan fingerprint density at radius 3 is 2.76 bits per heavy atom. The van der Waals surface area contributed by atoms with Crippen LogP contribution in [0.1, 0.15) is 26.3 Å². The van der Waals surface area contributed by atoms with Gasteiger partial charge in [0.1, 0.15) is 0 Å². The predicted octanol–water partition coefficient (Wildman–Crippen LogP) is 1.57. The van der Waals surface area contributed by atoms with Gasteiger partial charge in [-0.1, -0.05) is 6.07 Å². The second kappa shape index (κ2) is 8.46. The van der Waals surface area contributed by atoms with Gasteiger partial charge < -0.3 is 20.1 Å². The largest absolute Gasteiger partial charge is 0.478 e. The number of nitrogens with zero attached hydrogens (tertiary/aromatic N) is 2. The molecule has 0 amide bonds. The molecule has 1 rings (SSSR count). The van der Waals surface area contributed by atoms with E-state index >= 15 is 0 Å². The molecular formula is C15H26N4O2. The number of aromatic nitrogens is 1. The van der Waals surface area contributed by atoms with Crippen LogP contribution in [0.3, 0.4) is 0 Å². The lowest BCUT2D eigenvalue weighted by molar-refractivity contribution is 0.0268. The third-order valence-electron chi connectivity index (χ3n) is 3.04. The van der Waals surface area contributed by atoms with Gasteiger partial charge in [0.15, 0.2) is 5.96 Å². The molecule has 0 aliphatic rings. The van der Waals surface area contributed by atoms with Crippen molar-refractivity contribution in [3.05, 3.63) is 23.9 Å². The highest BCUT2D eigenvalue weighted by molar-refractivity contribution is 5.79. The molecule has 1 heterocycles. The molecule has 0 aliphatic carbocycles. The monoisotopic (exact) mass is 294 g/mol. The predicted molar refractivity (Wildman–Crippen MR) is 84.7 cm³/mol. The lowest BCUT2D eigenvalue weighted by Crippen LogP contribution is -2.45. The minimum atomic E-state index is -0.248. The smallest absolute Gasteiger partial charge is 0.218 e. The molecule has 0 atom stereocenters. The Morgan fingerprint density at radius 1 is 1.38 bits per heavy atom. The summed E-state index contributed by atoms with van der Waals surface area (Å²) < 4.78 is 10.9. The van der Waals surface area contributed by atoms with E-state index in [1.165, 1.54) is 0 Å². The maximum atomic E-state index is 5.50. The first-order valence-electron chi connectivity index (χ1n) is 7.08. The van der Waals surface area contributed by atoms with Gasteiger partial charge >= 0.3 is 0 Å². The van der Waals surface area contributed by atoms with Crippen LogP contribution in [0.15, 0.2) is 23.3 Å². The van der Waals surface area contributed by atoms with Crippen LogP contribution in [-0.4, -0.2) is 43.9 Å². The van der Waals surface area contributed by atoms with Crippen molar-refractivity contribution in [3.8, 4) is 5.88 Å². The van der Waals surface area contributed by atoms with Gasteiger partial charge in [-0.05, 0) is 26.8 Å². The lowest BCUT2D eigenvalue weighted by Gasteiger charge is -2.24. The average Bonchev–Trinajstić information content (AvgIpc) is 2.49. The van der Waals surface area contributed by atoms with Crippen molar-refractivity contribution in [2.24, 2.45) is 4.99 Å². The van der Waals surface area contributed by atoms with Crippen LogP contribution in [-0.2, 0) is 11.3 Å². The summed E-state index contributed by atoms with van der Waals surface area (Å²) >= 11 is 0. The summed E-state index contributed by atoms with van der Waals surface area (Å²) in [5, 5.41) is 6.48. The van der Waals surface area contributed by atoms with Gasteiger partial charge in [0, 0.05) is 39.0 Å². The van der Waals surface area contributed by atoms with E-state index in [2.05, 4.69) is 20.6 Å². The van der Waals surface area contributed by atoms with Gasteiger partial charge in [-0.15, -0.1) is 0 Å². The SMILES string of the molecule is CCOc1ncccc1CNC(=NC)NCC(C)(C)OC. The molecule has 2 N–H and O–H groups in total. The summed E-state index contributed by atoms with van der Waals surface area (Å²) in [5.74, 6) is 1.37. The number of hydrogen-bond donors (Lipinski definition) is 2. The fourth-order valence-corrected chi connectivity index (χ4v) is 1.59. The van der Waals surface area contributed by atoms with Crippen LogP contribution in [0.4, 0.5) is 0 Å². The van der Waals surface area contributed by atoms with Crippen molar-refractivity contribution in [1.82, 2.24) is 15.6 Å². The molecule has 21 heavy (non-hydrogen) atoms. The molecular weight excluding hydrogens is 268 g/mol. The van der Waals surface area contributed by atoms with Crippen molar-refractivity contribution in [2.45, 2.75) is 32.9 Å². The molecule has 0 saturated carbocycles. The van der Waals surface area contributed by atoms with E-state index < -0.39 is 0 Å². The molecule has 0 spiro atoms. The number of guanidine groups is 1. The average molecular weight is 294 g/mol. The number of pyridine rings is 1. The van der Waals surface area contributed by atoms with Gasteiger partial charge in [0.2, 0.25) is 5.88 Å². The highest BCUT2D eigenvalue weighted by Gasteiger charge is 2.16. The summed E-state index contributed by atoms with van der Waals surface area (Å²) in [6, 6.07) is 3.88. The Labute approximate surface area is 127 Å². The van der Waals surface area contributed by atoms with Gasteiger partial charge in [0.25, 0.3) is 0 Å². The summed E-state index contributed by atoms with van der Waals surface area (Å²) in [4.78, 5) is 8.42. The van der Waals surface area contributed by atoms with Crippen LogP contribution < -0.4 is 15.4 Å². The molecule has 6 heteroatoms. The van der Waals surface area contributed by atoms with Crippen molar-refractivity contribution in [3.63, 3.8) is 0 Å². The van der Waals surface area contributed by atoms with Crippen molar-refractivity contribution in [2.75, 3.05) is 27.3 Å². The summed E-state index contributed by atoms with van der Waals surface area (Å²) in [6.07, 6.45) is 1.72. The van der Waals surface area contributed by atoms with Crippen LogP contribution in [0.5, 0.6) is 5.88 Å². The molecule has 0 radical (unpaired) electrons. The molecule has 0 aromatic carbocycles. The van der Waals surface area contributed by atoms with Gasteiger partial charge in [-0.2, -0.15) is 0 Å². The molecule has 118 valence electrons. The van der Waals surface area contributed by atoms with E-state index in [1.54, 1.807) is 20.4 Å². The molecule has 0 unspecified atom stereocenters. The Balaban J connectivity index is 2.56. The number of nitrogens with one attached hydrogen (secondary N) is 2. The quantitative estimate of drug-likeness (QED) is 0.590. The Morgan fingerprint density at radius 2 is 2.14 bits per heavy atom. The third-order valence-corrected chi connectivity index (χ3v) is 3.04. The summed E-state index contributed by atoms with van der Waals surface area (Å²) in [6.45, 7) is 7.83. The summed E-state index contributed by atoms with van der Waals surface area (Å²) in [7, 11) is 3.43. The number of hydrogen-bond acceptors (Lipinski definition) is 4. The van der Waals surface area contributed by atoms with E-state index in [1.807, 2.05) is 32.9 Å². The standard InChI is InChI=1S/C15H26N4O2/c1-6-21-13-12(8-7-9-17-13)10-18-14(16-4)19-11-15(2,3)20-5/h7-9H,6,10-11H2,1-5H3,(H2,16,18,19). The minimum Gasteiger partial charge on any atom is -0.478 e. The Hall–Kier alpha value is -1.82. The number of aliphatic imine (C=N–C) groups is 1. The van der Waals surface area contributed by atoms with Gasteiger partial charge in [-0.3, -0.25) is 4.99 Å². The molecule has 1 aromatic rings. The molecule has 0 aliphatic heterocycles. The van der Waals surface area contributed by atoms with E-state index in [0.717, 1.165) is 5.56 Å². The van der Waals surface area contributed by atoms with E-state index in [0.29, 0.717) is 31.5 Å². The first-order valence-corrected chi connectivity index (χ1v) is 7.08. The second-order valence-corrected chi connectivity index (χ2v) is 5.14. The molecule has 0 saturated heterocycles. The lowest BCUT2D eigenvalue weighted by atomic mass is 10.1. The van der Waals surface area contributed by atoms with Crippen molar-refractivity contribution in [1.29, 1.82) is 0 Å². The van der Waals surface area contributed by atoms with Crippen LogP contribution in [0.2, 0.25) is 0 Å². The zero-order valence-electron chi connectivity index (χ0n) is 13.6. The maximum absolute atomic E-state index is 5.50. The number of methoxy groups -OCH3 is 1. The Bertz CT molecular complexity index is 461. The molecule has 0 fully saturated rings. The maximum Gasteiger partial charge on any atom is 0.218 e.